The fourth-order valence-corrected chi connectivity index (χ4v) is 14.6. The van der Waals surface area contributed by atoms with Crippen molar-refractivity contribution in [2.24, 2.45) is 32.5 Å². The molecule has 0 aromatic heterocycles. The van der Waals surface area contributed by atoms with Gasteiger partial charge in [0.15, 0.2) is 0 Å². The van der Waals surface area contributed by atoms with Gasteiger partial charge in [0, 0.05) is 0 Å². The molecule has 81 heavy (non-hydrogen) atoms. The Bertz CT molecular complexity index is 1650. The van der Waals surface area contributed by atoms with Gasteiger partial charge in [-0.15, -0.1) is 0 Å². The van der Waals surface area contributed by atoms with E-state index >= 15 is 0 Å². The second-order valence-corrected chi connectivity index (χ2v) is 26.8. The normalized spacial score (nSPS) is 34.5. The molecule has 9 saturated carbocycles. The molecule has 0 unspecified atom stereocenters. The minimum atomic E-state index is -0.446. The van der Waals surface area contributed by atoms with Gasteiger partial charge in [-0.2, -0.15) is 0 Å². The van der Waals surface area contributed by atoms with Gasteiger partial charge >= 0.3 is 35.8 Å². The third-order valence-electron chi connectivity index (χ3n) is 19.7. The molecule has 0 atom stereocenters. The van der Waals surface area contributed by atoms with Gasteiger partial charge in [0.2, 0.25) is 0 Å². The van der Waals surface area contributed by atoms with E-state index in [1.54, 1.807) is 0 Å². The smallest absolute Gasteiger partial charge is 0.312 e. The molecular weight excluding hydrogens is 1020 g/mol. The van der Waals surface area contributed by atoms with Crippen LogP contribution in [0.15, 0.2) is 36.5 Å². The van der Waals surface area contributed by atoms with Crippen LogP contribution in [0.3, 0.4) is 0 Å². The van der Waals surface area contributed by atoms with Gasteiger partial charge in [0.25, 0.3) is 0 Å². The molecule has 0 N–H and O–H groups in total. The monoisotopic (exact) mass is 1130 g/mol. The van der Waals surface area contributed by atoms with Crippen LogP contribution in [0.1, 0.15) is 289 Å². The average Bonchev–Trinajstić information content (AvgIpc) is 3.50. The Hall–Kier alpha value is -3.96. The molecule has 16 rings (SSSR count). The average molecular weight is 1130 g/mol. The Balaban J connectivity index is 0.691. The van der Waals surface area contributed by atoms with Crippen LogP contribution in [-0.4, -0.2) is 75.5 Å². The van der Waals surface area contributed by atoms with Gasteiger partial charge in [-0.05, 0) is 173 Å². The quantitative estimate of drug-likeness (QED) is 0.129. The van der Waals surface area contributed by atoms with Gasteiger partial charge in [0.05, 0.1) is 72.1 Å². The summed E-state index contributed by atoms with van der Waals surface area (Å²) < 4.78 is 34.0. The van der Waals surface area contributed by atoms with Crippen molar-refractivity contribution >= 4 is 35.8 Å². The third-order valence-corrected chi connectivity index (χ3v) is 19.7. The number of rotatable bonds is 0. The first-order valence-corrected chi connectivity index (χ1v) is 33.5. The van der Waals surface area contributed by atoms with Crippen molar-refractivity contribution in [1.29, 1.82) is 0 Å². The molecule has 12 nitrogen and oxygen atoms in total. The number of carbonyl (C=O) groups is 6. The Morgan fingerprint density at radius 2 is 0.309 bits per heavy atom. The molecule has 0 saturated heterocycles. The summed E-state index contributed by atoms with van der Waals surface area (Å²) in [6, 6.07) is 0. The van der Waals surface area contributed by atoms with E-state index in [1.165, 1.54) is 77.0 Å². The molecule has 7 aliphatic heterocycles. The molecule has 0 radical (unpaired) electrons. The van der Waals surface area contributed by atoms with Crippen LogP contribution in [0.5, 0.6) is 0 Å². The van der Waals surface area contributed by atoms with E-state index in [1.807, 2.05) is 0 Å². The summed E-state index contributed by atoms with van der Waals surface area (Å²) in [6.45, 7) is 2.80. The number of ether oxygens (including phenoxy) is 6. The Labute approximate surface area is 488 Å². The summed E-state index contributed by atoms with van der Waals surface area (Å²) in [5.41, 5.74) is -2.68. The maximum atomic E-state index is 12.8. The molecule has 6 bridgehead atoms. The van der Waals surface area contributed by atoms with Crippen molar-refractivity contribution in [3.63, 3.8) is 0 Å². The van der Waals surface area contributed by atoms with Crippen molar-refractivity contribution < 1.29 is 57.2 Å². The molecule has 7 heterocycles. The number of carbonyl (C=O) groups excluding carboxylic acids is 6. The van der Waals surface area contributed by atoms with Gasteiger partial charge in [-0.3, -0.25) is 28.8 Å². The van der Waals surface area contributed by atoms with Crippen molar-refractivity contribution in [3.8, 4) is 0 Å². The lowest BCUT2D eigenvalue weighted by molar-refractivity contribution is -0.237. The number of esters is 6. The van der Waals surface area contributed by atoms with Crippen molar-refractivity contribution in [3.05, 3.63) is 36.5 Å². The summed E-state index contributed by atoms with van der Waals surface area (Å²) in [6.07, 6.45) is 58.5. The van der Waals surface area contributed by atoms with Crippen molar-refractivity contribution in [2.75, 3.05) is 39.6 Å². The predicted octanol–water partition coefficient (Wildman–Crippen LogP) is 16.5. The van der Waals surface area contributed by atoms with Crippen LogP contribution in [-0.2, 0) is 57.2 Å². The molecule has 12 heteroatoms. The predicted molar refractivity (Wildman–Crippen MR) is 316 cm³/mol. The van der Waals surface area contributed by atoms with E-state index in [-0.39, 0.29) is 35.8 Å². The summed E-state index contributed by atoms with van der Waals surface area (Å²) in [5.74, 6) is -0.718. The highest BCUT2D eigenvalue weighted by Crippen LogP contribution is 2.76. The van der Waals surface area contributed by atoms with E-state index in [0.717, 1.165) is 154 Å². The summed E-state index contributed by atoms with van der Waals surface area (Å²) in [4.78, 5) is 77.1. The standard InChI is InChI=1S/C69H108O12/c70-58-64-49-66(50-64,51-64)60(72)78-45-39-33-27-21-15-9-3-4-11-17-23-29-35-41-47-80-62(74)68-55-69(56-68,57-68)63(75)81-48-42-36-30-24-18-12-6-5-10-16-22-28-34-40-46-79-61(73)67-52-65(53-67,54-67)59(71)77-44-38-32-26-20-14-8-2-1-7-13-19-25-31-37-43-76-58/h1-6H,7-57H2. The molecule has 456 valence electrons. The molecule has 0 aromatic rings. The second-order valence-electron chi connectivity index (χ2n) is 26.8. The summed E-state index contributed by atoms with van der Waals surface area (Å²) >= 11 is 0. The zero-order valence-electron chi connectivity index (χ0n) is 50.4. The maximum Gasteiger partial charge on any atom is 0.312 e. The van der Waals surface area contributed by atoms with E-state index in [2.05, 4.69) is 36.5 Å². The van der Waals surface area contributed by atoms with E-state index in [4.69, 9.17) is 28.4 Å². The fourth-order valence-electron chi connectivity index (χ4n) is 14.6. The maximum absolute atomic E-state index is 12.8. The molecule has 0 amide bonds. The molecule has 0 spiro atoms. The van der Waals surface area contributed by atoms with Crippen LogP contribution in [0.4, 0.5) is 0 Å². The first kappa shape index (κ1) is 64.6. The first-order chi connectivity index (χ1) is 39.5. The SMILES string of the molecule is O=C1OCCCCCCCC=CCCCCCCCOC(=O)C23CC(C2)(C3)C(=O)OCCCCCCCC=CCCCCCCCOC(=O)C23CC(C2)(C3)C(=O)OCCCCCCCC=CCCCCCCCOC(=O)C23CC1(C2)C3. The number of hydrogen-bond donors (Lipinski definition) is 0. The fraction of sp³-hybridized carbons (Fsp3) is 0.826. The van der Waals surface area contributed by atoms with E-state index in [9.17, 15) is 28.8 Å². The minimum Gasteiger partial charge on any atom is -0.465 e. The third kappa shape index (κ3) is 18.8. The highest BCUT2D eigenvalue weighted by Gasteiger charge is 2.78. The molecule has 9 fully saturated rings. The van der Waals surface area contributed by atoms with Crippen LogP contribution in [0.25, 0.3) is 0 Å². The van der Waals surface area contributed by atoms with Gasteiger partial charge in [-0.25, -0.2) is 0 Å². The minimum absolute atomic E-state index is 0.120. The second kappa shape index (κ2) is 33.5. The molecule has 16 aliphatic rings. The first-order valence-electron chi connectivity index (χ1n) is 33.5. The zero-order valence-corrected chi connectivity index (χ0v) is 50.4. The lowest BCUT2D eigenvalue weighted by atomic mass is 9.35. The largest absolute Gasteiger partial charge is 0.465 e. The van der Waals surface area contributed by atoms with Gasteiger partial charge < -0.3 is 28.4 Å². The topological polar surface area (TPSA) is 158 Å². The molecule has 9 aliphatic carbocycles. The highest BCUT2D eigenvalue weighted by molar-refractivity contribution is 5.93. The lowest BCUT2D eigenvalue weighted by Crippen LogP contribution is -2.69. The van der Waals surface area contributed by atoms with Crippen LogP contribution in [0, 0.1) is 32.5 Å². The number of allylic oxidation sites excluding steroid dienone is 6. The van der Waals surface area contributed by atoms with E-state index in [0.29, 0.717) is 97.4 Å². The lowest BCUT2D eigenvalue weighted by Gasteiger charge is -2.66. The highest BCUT2D eigenvalue weighted by atomic mass is 16.6. The Morgan fingerprint density at radius 3 is 0.457 bits per heavy atom. The summed E-state index contributed by atoms with van der Waals surface area (Å²) in [5, 5.41) is 0. The van der Waals surface area contributed by atoms with Crippen LogP contribution < -0.4 is 0 Å². The van der Waals surface area contributed by atoms with Crippen LogP contribution in [0.2, 0.25) is 0 Å². The number of hydrogen-bond acceptors (Lipinski definition) is 12. The molecule has 0 aromatic carbocycles. The molecular formula is C69H108O12. The van der Waals surface area contributed by atoms with E-state index < -0.39 is 32.5 Å². The van der Waals surface area contributed by atoms with Crippen LogP contribution >= 0.6 is 0 Å². The summed E-state index contributed by atoms with van der Waals surface area (Å²) in [7, 11) is 0. The Morgan fingerprint density at radius 1 is 0.185 bits per heavy atom. The van der Waals surface area contributed by atoms with Gasteiger partial charge in [-0.1, -0.05) is 152 Å². The van der Waals surface area contributed by atoms with Crippen molar-refractivity contribution in [2.45, 2.75) is 289 Å². The van der Waals surface area contributed by atoms with Crippen molar-refractivity contribution in [1.82, 2.24) is 0 Å². The van der Waals surface area contributed by atoms with Gasteiger partial charge in [0.1, 0.15) is 0 Å². The Kier molecular flexibility index (Phi) is 26.7. The zero-order chi connectivity index (χ0) is 57.0.